The summed E-state index contributed by atoms with van der Waals surface area (Å²) >= 11 is 0. The first-order valence-corrected chi connectivity index (χ1v) is 9.89. The number of amides is 1. The van der Waals surface area contributed by atoms with E-state index in [9.17, 15) is 4.79 Å². The molecule has 7 nitrogen and oxygen atoms in total. The number of carbonyl (C=O) groups excluding carboxylic acids is 1. The Balaban J connectivity index is 0.00000145. The predicted molar refractivity (Wildman–Crippen MR) is 116 cm³/mol. The summed E-state index contributed by atoms with van der Waals surface area (Å²) in [6, 6.07) is 10.6. The molecule has 1 aliphatic heterocycles. The highest BCUT2D eigenvalue weighted by Crippen LogP contribution is 2.23. The highest BCUT2D eigenvalue weighted by molar-refractivity contribution is 6.06. The summed E-state index contributed by atoms with van der Waals surface area (Å²) in [6.45, 7) is 8.34. The fraction of sp³-hybridized carbons (Fsp3) is 0.364. The summed E-state index contributed by atoms with van der Waals surface area (Å²) in [4.78, 5) is 18.7. The van der Waals surface area contributed by atoms with E-state index in [4.69, 9.17) is 15.6 Å². The zero-order chi connectivity index (χ0) is 21.4. The van der Waals surface area contributed by atoms with Gasteiger partial charge in [0.2, 0.25) is 0 Å². The number of carbonyl (C=O) groups is 1. The van der Waals surface area contributed by atoms with Crippen molar-refractivity contribution in [1.82, 2.24) is 9.88 Å². The molecule has 0 spiro atoms. The van der Waals surface area contributed by atoms with Gasteiger partial charge in [-0.15, -0.1) is 0 Å². The van der Waals surface area contributed by atoms with Crippen LogP contribution in [0, 0.1) is 17.7 Å². The second kappa shape index (κ2) is 10.4. The molecule has 1 amide bonds. The highest BCUT2D eigenvalue weighted by Gasteiger charge is 2.20. The van der Waals surface area contributed by atoms with Crippen molar-refractivity contribution >= 4 is 23.9 Å². The number of hydrogen-bond acceptors (Lipinski definition) is 5. The minimum absolute atomic E-state index is 0.0425. The highest BCUT2D eigenvalue weighted by atomic mass is 16.5. The molecular weight excluding hydrogens is 366 g/mol. The molecule has 0 aliphatic carbocycles. The molecule has 1 unspecified atom stereocenters. The Morgan fingerprint density at radius 3 is 2.76 bits per heavy atom. The fourth-order valence-electron chi connectivity index (χ4n) is 3.01. The Hall–Kier alpha value is -3.22. The minimum Gasteiger partial charge on any atom is -0.493 e. The first kappa shape index (κ1) is 22.1. The third kappa shape index (κ3) is 5.40. The molecule has 2 heterocycles. The van der Waals surface area contributed by atoms with Crippen LogP contribution in [0.1, 0.15) is 55.2 Å². The van der Waals surface area contributed by atoms with Crippen LogP contribution in [-0.2, 0) is 0 Å². The van der Waals surface area contributed by atoms with Crippen LogP contribution in [0.5, 0.6) is 5.75 Å². The quantitative estimate of drug-likeness (QED) is 0.490. The summed E-state index contributed by atoms with van der Waals surface area (Å²) in [5.74, 6) is 0.710. The van der Waals surface area contributed by atoms with Crippen molar-refractivity contribution in [2.24, 2.45) is 0 Å². The maximum atomic E-state index is 12.8. The number of anilines is 1. The monoisotopic (exact) mass is 395 g/mol. The van der Waals surface area contributed by atoms with Gasteiger partial charge in [-0.25, -0.2) is 4.98 Å². The lowest BCUT2D eigenvalue weighted by Crippen LogP contribution is -2.38. The zero-order valence-electron chi connectivity index (χ0n) is 17.5. The van der Waals surface area contributed by atoms with Crippen molar-refractivity contribution in [2.75, 3.05) is 11.9 Å². The van der Waals surface area contributed by atoms with Crippen molar-refractivity contribution in [3.05, 3.63) is 53.2 Å². The Morgan fingerprint density at radius 2 is 2.03 bits per heavy atom. The largest absolute Gasteiger partial charge is 0.493 e. The molecule has 7 heteroatoms. The van der Waals surface area contributed by atoms with E-state index in [1.807, 2.05) is 39.8 Å². The Morgan fingerprint density at radius 1 is 1.28 bits per heavy atom. The summed E-state index contributed by atoms with van der Waals surface area (Å²) < 4.78 is 5.85. The second-order valence-electron chi connectivity index (χ2n) is 6.59. The number of fused-ring (bicyclic) bond motifs is 3. The third-order valence-corrected chi connectivity index (χ3v) is 4.51. The minimum atomic E-state index is -0.306. The molecule has 1 atom stereocenters. The molecule has 154 valence electrons. The topological polar surface area (TPSA) is 102 Å². The van der Waals surface area contributed by atoms with Gasteiger partial charge in [0.15, 0.2) is 5.84 Å². The van der Waals surface area contributed by atoms with Gasteiger partial charge in [0, 0.05) is 6.04 Å². The van der Waals surface area contributed by atoms with Crippen molar-refractivity contribution in [3.63, 3.8) is 0 Å². The van der Waals surface area contributed by atoms with E-state index in [-0.39, 0.29) is 17.8 Å². The summed E-state index contributed by atoms with van der Waals surface area (Å²) in [7, 11) is 0. The molecule has 1 aromatic carbocycles. The van der Waals surface area contributed by atoms with Crippen LogP contribution in [0.2, 0.25) is 0 Å². The van der Waals surface area contributed by atoms with E-state index in [1.54, 1.807) is 29.2 Å². The van der Waals surface area contributed by atoms with E-state index in [1.165, 1.54) is 0 Å². The molecule has 3 N–H and O–H groups in total. The van der Waals surface area contributed by atoms with Gasteiger partial charge in [-0.2, -0.15) is 0 Å². The van der Waals surface area contributed by atoms with Gasteiger partial charge in [0.25, 0.3) is 5.91 Å². The molecule has 3 rings (SSSR count). The Bertz CT molecular complexity index is 881. The number of aromatic nitrogens is 1. The van der Waals surface area contributed by atoms with Crippen LogP contribution in [0.4, 0.5) is 5.82 Å². The summed E-state index contributed by atoms with van der Waals surface area (Å²) in [6.07, 6.45) is 2.62. The lowest BCUT2D eigenvalue weighted by molar-refractivity contribution is 0.102. The van der Waals surface area contributed by atoms with E-state index >= 15 is 0 Å². The van der Waals surface area contributed by atoms with Gasteiger partial charge in [-0.3, -0.25) is 15.6 Å². The van der Waals surface area contributed by atoms with Crippen LogP contribution >= 0.6 is 0 Å². The molecule has 0 saturated heterocycles. The molecule has 1 aliphatic rings. The number of benzene rings is 1. The van der Waals surface area contributed by atoms with Crippen molar-refractivity contribution in [3.8, 4) is 5.75 Å². The van der Waals surface area contributed by atoms with Crippen LogP contribution in [0.3, 0.4) is 0 Å². The number of ether oxygens (including phenoxy) is 1. The second-order valence-corrected chi connectivity index (χ2v) is 6.59. The molecule has 0 fully saturated rings. The Labute approximate surface area is 172 Å². The molecule has 2 bridgehead atoms. The summed E-state index contributed by atoms with van der Waals surface area (Å²) in [5, 5.41) is 18.9. The van der Waals surface area contributed by atoms with Crippen molar-refractivity contribution in [1.29, 1.82) is 10.8 Å². The number of aryl methyl sites for hydroxylation is 1. The molecule has 0 radical (unpaired) electrons. The maximum absolute atomic E-state index is 12.8. The average Bonchev–Trinajstić information content (AvgIpc) is 2.73. The van der Waals surface area contributed by atoms with Crippen LogP contribution in [-0.4, -0.2) is 40.6 Å². The first-order valence-electron chi connectivity index (χ1n) is 9.89. The number of nitrogens with one attached hydrogen (secondary N) is 3. The smallest absolute Gasteiger partial charge is 0.260 e. The molecule has 1 aromatic heterocycles. The van der Waals surface area contributed by atoms with Gasteiger partial charge in [-0.1, -0.05) is 31.5 Å². The molecular formula is C22H29N5O2. The standard InChI is InChI=1S/C20H23N5O2.C2H6/c1-13-8-9-17-15(11-13)20(26)24-18-7-3-6-16(23-18)19(22)25(12-21)14(2)5-4-10-27-17;1-2/h3,6-9,11-12,14,21-22H,4-5,10H2,1-2H3,(H,23,24,26);1-2H3. The van der Waals surface area contributed by atoms with E-state index < -0.39 is 0 Å². The van der Waals surface area contributed by atoms with Crippen LogP contribution < -0.4 is 10.1 Å². The summed E-state index contributed by atoms with van der Waals surface area (Å²) in [5.41, 5.74) is 1.83. The zero-order valence-corrected chi connectivity index (χ0v) is 17.5. The van der Waals surface area contributed by atoms with Gasteiger partial charge >= 0.3 is 0 Å². The lowest BCUT2D eigenvalue weighted by atomic mass is 10.1. The Kier molecular flexibility index (Phi) is 7.88. The third-order valence-electron chi connectivity index (χ3n) is 4.51. The van der Waals surface area contributed by atoms with Gasteiger partial charge < -0.3 is 15.0 Å². The predicted octanol–water partition coefficient (Wildman–Crippen LogP) is 4.46. The number of pyridine rings is 1. The first-order chi connectivity index (χ1) is 14.0. The van der Waals surface area contributed by atoms with E-state index in [0.717, 1.165) is 24.7 Å². The molecule has 2 aromatic rings. The number of nitrogens with zero attached hydrogens (tertiary/aromatic N) is 2. The van der Waals surface area contributed by atoms with E-state index in [2.05, 4.69) is 10.3 Å². The normalized spacial score (nSPS) is 17.0. The number of rotatable bonds is 1. The average molecular weight is 396 g/mol. The van der Waals surface area contributed by atoms with Gasteiger partial charge in [-0.05, 0) is 51.0 Å². The molecule has 29 heavy (non-hydrogen) atoms. The van der Waals surface area contributed by atoms with Gasteiger partial charge in [0.1, 0.15) is 17.3 Å². The fourth-order valence-corrected chi connectivity index (χ4v) is 3.01. The SMILES string of the molecule is CC.Cc1ccc2c(c1)C(=O)Nc1cccc(n1)C(=N)N(C=N)C(C)CCCO2. The van der Waals surface area contributed by atoms with Crippen LogP contribution in [0.15, 0.2) is 36.4 Å². The maximum Gasteiger partial charge on any atom is 0.260 e. The lowest BCUT2D eigenvalue weighted by Gasteiger charge is -2.27. The number of hydrogen-bond donors (Lipinski definition) is 3. The molecule has 0 saturated carbocycles. The van der Waals surface area contributed by atoms with Gasteiger partial charge in [0.05, 0.1) is 18.5 Å². The van der Waals surface area contributed by atoms with Crippen molar-refractivity contribution in [2.45, 2.75) is 46.6 Å². The van der Waals surface area contributed by atoms with Crippen molar-refractivity contribution < 1.29 is 9.53 Å². The number of amidine groups is 1. The van der Waals surface area contributed by atoms with E-state index in [0.29, 0.717) is 29.4 Å². The van der Waals surface area contributed by atoms with Crippen LogP contribution in [0.25, 0.3) is 0 Å².